The number of pyridine rings is 1. The second-order valence-electron chi connectivity index (χ2n) is 7.25. The van der Waals surface area contributed by atoms with Gasteiger partial charge >= 0.3 is 5.97 Å². The molecule has 0 bridgehead atoms. The van der Waals surface area contributed by atoms with Crippen LogP contribution in [0.25, 0.3) is 10.9 Å². The van der Waals surface area contributed by atoms with Gasteiger partial charge in [-0.1, -0.05) is 48.5 Å². The average Bonchev–Trinajstić information content (AvgIpc) is 2.84. The molecule has 1 amide bonds. The summed E-state index contributed by atoms with van der Waals surface area (Å²) in [5, 5.41) is 21.9. The molecule has 0 fully saturated rings. The number of para-hydroxylation sites is 1. The van der Waals surface area contributed by atoms with Crippen LogP contribution in [0, 0.1) is 0 Å². The summed E-state index contributed by atoms with van der Waals surface area (Å²) in [4.78, 5) is 42.3. The van der Waals surface area contributed by atoms with Crippen molar-refractivity contribution in [2.24, 2.45) is 0 Å². The third-order valence-electron chi connectivity index (χ3n) is 4.89. The number of ether oxygens (including phenoxy) is 1. The molecule has 9 heteroatoms. The first-order valence-corrected chi connectivity index (χ1v) is 10.3. The van der Waals surface area contributed by atoms with Gasteiger partial charge in [0.05, 0.1) is 5.52 Å². The van der Waals surface area contributed by atoms with Crippen LogP contribution in [0.3, 0.4) is 0 Å². The third-order valence-corrected chi connectivity index (χ3v) is 4.89. The summed E-state index contributed by atoms with van der Waals surface area (Å²) >= 11 is 0. The number of nitrogens with zero attached hydrogens (tertiary/aromatic N) is 1. The highest BCUT2D eigenvalue weighted by atomic mass is 16.7. The van der Waals surface area contributed by atoms with Crippen LogP contribution < -0.4 is 20.5 Å². The highest BCUT2D eigenvalue weighted by Gasteiger charge is 2.24. The standard InChI is InChI=1S/C25H20N2O7/c28-21(29)14-26-24(31)22-23(30)19-13-18(34-17-9-5-2-6-10-17)11-12-20(19)27(25(22)32)33-15-16-7-3-1-4-8-16/h1-13,30H,14-15H2,(H,26,31)(H,28,29). The molecule has 1 aromatic heterocycles. The molecular formula is C25H20N2O7. The Hall–Kier alpha value is -4.79. The Morgan fingerprint density at radius 1 is 0.912 bits per heavy atom. The van der Waals surface area contributed by atoms with E-state index in [0.717, 1.165) is 10.3 Å². The van der Waals surface area contributed by atoms with Crippen molar-refractivity contribution in [3.63, 3.8) is 0 Å². The van der Waals surface area contributed by atoms with E-state index < -0.39 is 35.3 Å². The number of aromatic hydroxyl groups is 1. The maximum absolute atomic E-state index is 13.1. The molecular weight excluding hydrogens is 440 g/mol. The number of benzene rings is 3. The number of aromatic nitrogens is 1. The number of hydrogen-bond acceptors (Lipinski definition) is 6. The van der Waals surface area contributed by atoms with Gasteiger partial charge in [-0.3, -0.25) is 14.4 Å². The molecule has 34 heavy (non-hydrogen) atoms. The summed E-state index contributed by atoms with van der Waals surface area (Å²) < 4.78 is 6.71. The molecule has 0 aliphatic rings. The lowest BCUT2D eigenvalue weighted by Crippen LogP contribution is -2.37. The molecule has 1 heterocycles. The minimum Gasteiger partial charge on any atom is -0.506 e. The minimum absolute atomic E-state index is 0.0130. The van der Waals surface area contributed by atoms with Crippen LogP contribution in [-0.4, -0.2) is 33.4 Å². The van der Waals surface area contributed by atoms with Gasteiger partial charge in [0, 0.05) is 5.39 Å². The minimum atomic E-state index is -1.30. The molecule has 0 aliphatic heterocycles. The Morgan fingerprint density at radius 3 is 2.26 bits per heavy atom. The number of amides is 1. The fourth-order valence-corrected chi connectivity index (χ4v) is 3.31. The van der Waals surface area contributed by atoms with E-state index >= 15 is 0 Å². The molecule has 0 unspecified atom stereocenters. The van der Waals surface area contributed by atoms with E-state index in [1.165, 1.54) is 12.1 Å². The molecule has 9 nitrogen and oxygen atoms in total. The maximum atomic E-state index is 13.1. The van der Waals surface area contributed by atoms with E-state index in [9.17, 15) is 19.5 Å². The largest absolute Gasteiger partial charge is 0.506 e. The van der Waals surface area contributed by atoms with Gasteiger partial charge in [-0.05, 0) is 35.9 Å². The highest BCUT2D eigenvalue weighted by molar-refractivity contribution is 6.03. The van der Waals surface area contributed by atoms with Gasteiger partial charge in [0.15, 0.2) is 5.56 Å². The van der Waals surface area contributed by atoms with Gasteiger partial charge in [0.2, 0.25) is 0 Å². The highest BCUT2D eigenvalue weighted by Crippen LogP contribution is 2.31. The molecule has 3 aromatic carbocycles. The molecule has 0 aliphatic carbocycles. The molecule has 0 radical (unpaired) electrons. The number of carboxylic acid groups (broad SMARTS) is 1. The summed E-state index contributed by atoms with van der Waals surface area (Å²) in [6, 6.07) is 22.6. The zero-order valence-corrected chi connectivity index (χ0v) is 17.8. The first-order valence-electron chi connectivity index (χ1n) is 10.3. The van der Waals surface area contributed by atoms with Crippen LogP contribution in [0.5, 0.6) is 17.2 Å². The van der Waals surface area contributed by atoms with Crippen LogP contribution in [0.15, 0.2) is 83.7 Å². The van der Waals surface area contributed by atoms with Crippen molar-refractivity contribution in [3.05, 3.63) is 100 Å². The van der Waals surface area contributed by atoms with E-state index in [2.05, 4.69) is 5.32 Å². The van der Waals surface area contributed by atoms with Crippen LogP contribution >= 0.6 is 0 Å². The molecule has 0 saturated heterocycles. The molecule has 3 N–H and O–H groups in total. The molecule has 0 saturated carbocycles. The summed E-state index contributed by atoms with van der Waals surface area (Å²) in [6.07, 6.45) is 0. The Morgan fingerprint density at radius 2 is 1.59 bits per heavy atom. The maximum Gasteiger partial charge on any atom is 0.322 e. The van der Waals surface area contributed by atoms with Gasteiger partial charge in [-0.2, -0.15) is 0 Å². The lowest BCUT2D eigenvalue weighted by atomic mass is 10.1. The van der Waals surface area contributed by atoms with Crippen molar-refractivity contribution in [1.29, 1.82) is 0 Å². The van der Waals surface area contributed by atoms with Gasteiger partial charge < -0.3 is 25.1 Å². The number of nitrogens with one attached hydrogen (secondary N) is 1. The number of hydrogen-bond donors (Lipinski definition) is 3. The molecule has 4 rings (SSSR count). The monoisotopic (exact) mass is 460 g/mol. The summed E-state index contributed by atoms with van der Waals surface area (Å²) in [5.74, 6) is -2.06. The number of carbonyl (C=O) groups excluding carboxylic acids is 1. The van der Waals surface area contributed by atoms with E-state index in [0.29, 0.717) is 11.5 Å². The number of carbonyl (C=O) groups is 2. The summed E-state index contributed by atoms with van der Waals surface area (Å²) in [6.45, 7) is -0.711. The fourth-order valence-electron chi connectivity index (χ4n) is 3.31. The van der Waals surface area contributed by atoms with Crippen LogP contribution in [0.1, 0.15) is 15.9 Å². The predicted molar refractivity (Wildman–Crippen MR) is 123 cm³/mol. The number of aliphatic carboxylic acids is 1. The lowest BCUT2D eigenvalue weighted by molar-refractivity contribution is -0.135. The van der Waals surface area contributed by atoms with Gasteiger partial charge in [-0.25, -0.2) is 0 Å². The first-order chi connectivity index (χ1) is 16.4. The van der Waals surface area contributed by atoms with E-state index in [1.54, 1.807) is 42.5 Å². The number of fused-ring (bicyclic) bond motifs is 1. The van der Waals surface area contributed by atoms with Crippen molar-refractivity contribution in [2.75, 3.05) is 6.54 Å². The molecule has 172 valence electrons. The Balaban J connectivity index is 1.80. The van der Waals surface area contributed by atoms with Crippen LogP contribution in [-0.2, 0) is 11.4 Å². The van der Waals surface area contributed by atoms with Gasteiger partial charge in [0.1, 0.15) is 30.4 Å². The second-order valence-corrected chi connectivity index (χ2v) is 7.25. The van der Waals surface area contributed by atoms with Crippen molar-refractivity contribution in [2.45, 2.75) is 6.61 Å². The average molecular weight is 460 g/mol. The van der Waals surface area contributed by atoms with Crippen molar-refractivity contribution >= 4 is 22.8 Å². The molecule has 4 aromatic rings. The third kappa shape index (κ3) is 4.83. The Bertz CT molecular complexity index is 1400. The zero-order chi connectivity index (χ0) is 24.1. The first kappa shape index (κ1) is 22.4. The summed E-state index contributed by atoms with van der Waals surface area (Å²) in [5.41, 5.74) is -0.593. The van der Waals surface area contributed by atoms with E-state index in [4.69, 9.17) is 14.7 Å². The van der Waals surface area contributed by atoms with E-state index in [1.807, 2.05) is 24.3 Å². The van der Waals surface area contributed by atoms with E-state index in [-0.39, 0.29) is 17.5 Å². The smallest absolute Gasteiger partial charge is 0.322 e. The van der Waals surface area contributed by atoms with Gasteiger partial charge in [0.25, 0.3) is 11.5 Å². The fraction of sp³-hybridized carbons (Fsp3) is 0.0800. The molecule has 0 atom stereocenters. The molecule has 0 spiro atoms. The summed E-state index contributed by atoms with van der Waals surface area (Å²) in [7, 11) is 0. The second kappa shape index (κ2) is 9.78. The normalized spacial score (nSPS) is 10.6. The predicted octanol–water partition coefficient (Wildman–Crippen LogP) is 2.94. The van der Waals surface area contributed by atoms with Crippen LogP contribution in [0.2, 0.25) is 0 Å². The van der Waals surface area contributed by atoms with Crippen molar-refractivity contribution < 1.29 is 29.4 Å². The lowest BCUT2D eigenvalue weighted by Gasteiger charge is -2.16. The van der Waals surface area contributed by atoms with Crippen molar-refractivity contribution in [1.82, 2.24) is 10.0 Å². The SMILES string of the molecule is O=C(O)CNC(=O)c1c(O)c2cc(Oc3ccccc3)ccc2n(OCc2ccccc2)c1=O. The zero-order valence-electron chi connectivity index (χ0n) is 17.8. The van der Waals surface area contributed by atoms with Crippen LogP contribution in [0.4, 0.5) is 0 Å². The number of rotatable bonds is 8. The quantitative estimate of drug-likeness (QED) is 0.369. The van der Waals surface area contributed by atoms with Gasteiger partial charge in [-0.15, -0.1) is 4.73 Å². The van der Waals surface area contributed by atoms with Crippen molar-refractivity contribution in [3.8, 4) is 17.2 Å². The Labute approximate surface area is 193 Å². The topological polar surface area (TPSA) is 127 Å². The Kier molecular flexibility index (Phi) is 6.45. The number of carboxylic acids is 1.